The van der Waals surface area contributed by atoms with Crippen LogP contribution in [0.5, 0.6) is 5.75 Å². The van der Waals surface area contributed by atoms with Crippen molar-refractivity contribution in [2.75, 3.05) is 20.2 Å². The van der Waals surface area contributed by atoms with Crippen LogP contribution in [0.1, 0.15) is 24.5 Å². The number of aromatic nitrogens is 1. The van der Waals surface area contributed by atoms with E-state index in [1.807, 2.05) is 6.07 Å². The lowest BCUT2D eigenvalue weighted by Crippen LogP contribution is -2.29. The van der Waals surface area contributed by atoms with E-state index >= 15 is 0 Å². The van der Waals surface area contributed by atoms with Crippen LogP contribution in [0.4, 0.5) is 0 Å². The summed E-state index contributed by atoms with van der Waals surface area (Å²) >= 11 is 5.88. The molecule has 1 fully saturated rings. The number of nitrogens with one attached hydrogen (secondary N) is 1. The molecule has 1 N–H and O–H groups in total. The Morgan fingerprint density at radius 1 is 1.60 bits per heavy atom. The van der Waals surface area contributed by atoms with Crippen LogP contribution in [0.3, 0.4) is 0 Å². The predicted molar refractivity (Wildman–Crippen MR) is 60.6 cm³/mol. The van der Waals surface area contributed by atoms with Crippen LogP contribution in [0.15, 0.2) is 12.3 Å². The topological polar surface area (TPSA) is 34.1 Å². The summed E-state index contributed by atoms with van der Waals surface area (Å²) in [7, 11) is 1.66. The molecule has 1 saturated heterocycles. The van der Waals surface area contributed by atoms with Crippen LogP contribution in [-0.4, -0.2) is 25.2 Å². The molecule has 3 nitrogen and oxygen atoms in total. The predicted octanol–water partition coefficient (Wildman–Crippen LogP) is 2.21. The second-order valence-electron chi connectivity index (χ2n) is 3.78. The highest BCUT2D eigenvalue weighted by Gasteiger charge is 2.20. The van der Waals surface area contributed by atoms with Gasteiger partial charge in [0.1, 0.15) is 5.75 Å². The molecule has 4 heteroatoms. The zero-order chi connectivity index (χ0) is 10.7. The minimum Gasteiger partial charge on any atom is -0.495 e. The lowest BCUT2D eigenvalue weighted by Gasteiger charge is -2.23. The van der Waals surface area contributed by atoms with Gasteiger partial charge in [-0.25, -0.2) is 0 Å². The van der Waals surface area contributed by atoms with E-state index in [1.54, 1.807) is 13.3 Å². The Hall–Kier alpha value is -0.800. The molecule has 0 aromatic carbocycles. The van der Waals surface area contributed by atoms with Gasteiger partial charge in [0.25, 0.3) is 0 Å². The van der Waals surface area contributed by atoms with Crippen LogP contribution < -0.4 is 10.1 Å². The molecule has 1 aromatic heterocycles. The van der Waals surface area contributed by atoms with Crippen molar-refractivity contribution in [3.63, 3.8) is 0 Å². The Morgan fingerprint density at radius 2 is 2.47 bits per heavy atom. The van der Waals surface area contributed by atoms with Gasteiger partial charge >= 0.3 is 0 Å². The first-order valence-electron chi connectivity index (χ1n) is 5.21. The first kappa shape index (κ1) is 10.7. The van der Waals surface area contributed by atoms with E-state index in [9.17, 15) is 0 Å². The lowest BCUT2D eigenvalue weighted by molar-refractivity contribution is 0.386. The van der Waals surface area contributed by atoms with Crippen molar-refractivity contribution in [3.8, 4) is 5.75 Å². The first-order valence-corrected chi connectivity index (χ1v) is 5.59. The van der Waals surface area contributed by atoms with Crippen molar-refractivity contribution < 1.29 is 4.74 Å². The molecule has 0 amide bonds. The first-order chi connectivity index (χ1) is 7.31. The number of rotatable bonds is 2. The molecule has 15 heavy (non-hydrogen) atoms. The zero-order valence-corrected chi connectivity index (χ0v) is 9.55. The lowest BCUT2D eigenvalue weighted by atomic mass is 9.95. The van der Waals surface area contributed by atoms with Gasteiger partial charge < -0.3 is 10.1 Å². The van der Waals surface area contributed by atoms with Gasteiger partial charge in [-0.1, -0.05) is 11.6 Å². The maximum atomic E-state index is 5.88. The maximum absolute atomic E-state index is 5.88. The smallest absolute Gasteiger partial charge is 0.142 e. The van der Waals surface area contributed by atoms with E-state index in [0.717, 1.165) is 31.0 Å². The summed E-state index contributed by atoms with van der Waals surface area (Å²) in [6.45, 7) is 2.08. The van der Waals surface area contributed by atoms with E-state index in [4.69, 9.17) is 16.3 Å². The van der Waals surface area contributed by atoms with Crippen LogP contribution >= 0.6 is 11.6 Å². The average molecular weight is 227 g/mol. The van der Waals surface area contributed by atoms with E-state index in [1.165, 1.54) is 6.42 Å². The molecule has 1 unspecified atom stereocenters. The second-order valence-corrected chi connectivity index (χ2v) is 4.22. The number of piperidine rings is 1. The number of pyridine rings is 1. The van der Waals surface area contributed by atoms with Gasteiger partial charge in [0.2, 0.25) is 0 Å². The SMILES string of the molecule is COc1cc(Cl)cnc1C1CCCNC1. The monoisotopic (exact) mass is 226 g/mol. The molecule has 1 aliphatic heterocycles. The zero-order valence-electron chi connectivity index (χ0n) is 8.79. The van der Waals surface area contributed by atoms with E-state index in [2.05, 4.69) is 10.3 Å². The molecule has 0 saturated carbocycles. The molecule has 2 heterocycles. The van der Waals surface area contributed by atoms with Crippen LogP contribution in [0.25, 0.3) is 0 Å². The highest BCUT2D eigenvalue weighted by Crippen LogP contribution is 2.30. The van der Waals surface area contributed by atoms with Crippen molar-refractivity contribution in [1.29, 1.82) is 0 Å². The standard InChI is InChI=1S/C11H15ClN2O/c1-15-10-5-9(12)7-14-11(10)8-3-2-4-13-6-8/h5,7-8,13H,2-4,6H2,1H3. The summed E-state index contributed by atoms with van der Waals surface area (Å²) in [5.41, 5.74) is 1.02. The molecular formula is C11H15ClN2O. The maximum Gasteiger partial charge on any atom is 0.142 e. The largest absolute Gasteiger partial charge is 0.495 e. The van der Waals surface area contributed by atoms with Gasteiger partial charge in [-0.2, -0.15) is 0 Å². The summed E-state index contributed by atoms with van der Waals surface area (Å²) in [4.78, 5) is 4.38. The number of ether oxygens (including phenoxy) is 1. The normalized spacial score (nSPS) is 21.3. The fourth-order valence-electron chi connectivity index (χ4n) is 1.99. The highest BCUT2D eigenvalue weighted by atomic mass is 35.5. The van der Waals surface area contributed by atoms with Gasteiger partial charge in [-0.15, -0.1) is 0 Å². The van der Waals surface area contributed by atoms with Gasteiger partial charge in [0.15, 0.2) is 0 Å². The Bertz CT molecular complexity index is 337. The summed E-state index contributed by atoms with van der Waals surface area (Å²) in [6, 6.07) is 1.83. The minimum atomic E-state index is 0.450. The molecule has 1 aliphatic rings. The molecule has 2 rings (SSSR count). The summed E-state index contributed by atoms with van der Waals surface area (Å²) in [5.74, 6) is 1.25. The van der Waals surface area contributed by atoms with Gasteiger partial charge in [0.05, 0.1) is 17.8 Å². The number of halogens is 1. The third-order valence-corrected chi connectivity index (χ3v) is 2.96. The fourth-order valence-corrected chi connectivity index (χ4v) is 2.13. The molecule has 0 radical (unpaired) electrons. The third-order valence-electron chi connectivity index (χ3n) is 2.75. The highest BCUT2D eigenvalue weighted by molar-refractivity contribution is 6.30. The molecule has 82 valence electrons. The summed E-state index contributed by atoms with van der Waals surface area (Å²) < 4.78 is 5.30. The molecule has 0 bridgehead atoms. The van der Waals surface area contributed by atoms with Crippen molar-refractivity contribution in [2.45, 2.75) is 18.8 Å². The van der Waals surface area contributed by atoms with Crippen molar-refractivity contribution >= 4 is 11.6 Å². The van der Waals surface area contributed by atoms with Gasteiger partial charge in [-0.05, 0) is 19.4 Å². The molecular weight excluding hydrogens is 212 g/mol. The average Bonchev–Trinajstić information content (AvgIpc) is 2.30. The van der Waals surface area contributed by atoms with Crippen LogP contribution in [0, 0.1) is 0 Å². The summed E-state index contributed by atoms with van der Waals surface area (Å²) in [5, 5.41) is 4.00. The number of methoxy groups -OCH3 is 1. The third kappa shape index (κ3) is 2.41. The Kier molecular flexibility index (Phi) is 3.44. The van der Waals surface area contributed by atoms with Gasteiger partial charge in [-0.3, -0.25) is 4.98 Å². The van der Waals surface area contributed by atoms with Crippen LogP contribution in [0.2, 0.25) is 5.02 Å². The van der Waals surface area contributed by atoms with E-state index in [0.29, 0.717) is 10.9 Å². The number of hydrogen-bond donors (Lipinski definition) is 1. The second kappa shape index (κ2) is 4.81. The van der Waals surface area contributed by atoms with Crippen molar-refractivity contribution in [1.82, 2.24) is 10.3 Å². The molecule has 1 atom stereocenters. The minimum absolute atomic E-state index is 0.450. The van der Waals surface area contributed by atoms with Crippen molar-refractivity contribution in [2.24, 2.45) is 0 Å². The van der Waals surface area contributed by atoms with Crippen molar-refractivity contribution in [3.05, 3.63) is 23.0 Å². The Labute approximate surface area is 94.8 Å². The Balaban J connectivity index is 2.25. The number of nitrogens with zero attached hydrogens (tertiary/aromatic N) is 1. The Morgan fingerprint density at radius 3 is 3.13 bits per heavy atom. The summed E-state index contributed by atoms with van der Waals surface area (Å²) in [6.07, 6.45) is 4.05. The molecule has 1 aromatic rings. The fraction of sp³-hybridized carbons (Fsp3) is 0.545. The van der Waals surface area contributed by atoms with Gasteiger partial charge in [0, 0.05) is 24.7 Å². The molecule has 0 spiro atoms. The number of hydrogen-bond acceptors (Lipinski definition) is 3. The quantitative estimate of drug-likeness (QED) is 0.840. The molecule has 0 aliphatic carbocycles. The van der Waals surface area contributed by atoms with E-state index < -0.39 is 0 Å². The van der Waals surface area contributed by atoms with E-state index in [-0.39, 0.29) is 0 Å². The van der Waals surface area contributed by atoms with Crippen LogP contribution in [-0.2, 0) is 0 Å².